The Morgan fingerprint density at radius 1 is 0.912 bits per heavy atom. The molecule has 1 heterocycles. The molecule has 2 bridgehead atoms. The molecular formula is C27H26N2O5. The average Bonchev–Trinajstić information content (AvgIpc) is 3.67. The summed E-state index contributed by atoms with van der Waals surface area (Å²) in [6.45, 7) is -0.123. The lowest BCUT2D eigenvalue weighted by Crippen LogP contribution is -2.45. The molecule has 7 nitrogen and oxygen atoms in total. The molecule has 0 spiro atoms. The number of methoxy groups -OCH3 is 2. The number of hydrogen-bond acceptors (Lipinski definition) is 5. The van der Waals surface area contributed by atoms with Crippen LogP contribution in [-0.4, -0.2) is 43.5 Å². The Labute approximate surface area is 197 Å². The third-order valence-electron chi connectivity index (χ3n) is 7.98. The number of allylic oxidation sites excluding steroid dienone is 2. The fourth-order valence-electron chi connectivity index (χ4n) is 6.24. The molecule has 7 heteroatoms. The standard InChI is InChI=1S/C27H26N2O5/c1-33-17-8-6-16(7-9-17)28(25(30)15-4-3-5-18(12-15)34-2)14-29-26(31)23-19-10-11-20(22-13-21(19)22)24(23)27(29)32/h3-12,19-24H,13-14H2,1-2H3/t19-,20-,21-,22+,23+,24+/m0/s1. The molecule has 3 amide bonds. The van der Waals surface area contributed by atoms with Crippen LogP contribution >= 0.6 is 0 Å². The first-order valence-electron chi connectivity index (χ1n) is 11.7. The number of ether oxygens (including phenoxy) is 2. The van der Waals surface area contributed by atoms with E-state index in [1.54, 1.807) is 62.8 Å². The minimum Gasteiger partial charge on any atom is -0.497 e. The number of hydrogen-bond donors (Lipinski definition) is 0. The molecule has 5 aliphatic rings. The lowest BCUT2D eigenvalue weighted by Gasteiger charge is -2.37. The van der Waals surface area contributed by atoms with Gasteiger partial charge in [-0.05, 0) is 72.6 Å². The largest absolute Gasteiger partial charge is 0.497 e. The summed E-state index contributed by atoms with van der Waals surface area (Å²) in [6, 6.07) is 13.9. The lowest BCUT2D eigenvalue weighted by atomic mass is 9.63. The van der Waals surface area contributed by atoms with E-state index in [4.69, 9.17) is 9.47 Å². The number of rotatable bonds is 6. The van der Waals surface area contributed by atoms with Crippen LogP contribution in [0.3, 0.4) is 0 Å². The molecule has 2 saturated carbocycles. The van der Waals surface area contributed by atoms with Gasteiger partial charge in [0.05, 0.1) is 26.1 Å². The maximum absolute atomic E-state index is 13.7. The summed E-state index contributed by atoms with van der Waals surface area (Å²) in [5.41, 5.74) is 0.989. The Morgan fingerprint density at radius 2 is 1.53 bits per heavy atom. The van der Waals surface area contributed by atoms with Crippen LogP contribution in [0, 0.1) is 35.5 Å². The fourth-order valence-corrected chi connectivity index (χ4v) is 6.24. The summed E-state index contributed by atoms with van der Waals surface area (Å²) >= 11 is 0. The van der Waals surface area contributed by atoms with Crippen LogP contribution in [0.4, 0.5) is 5.69 Å². The highest BCUT2D eigenvalue weighted by molar-refractivity contribution is 6.10. The molecule has 7 rings (SSSR count). The Morgan fingerprint density at radius 3 is 2.12 bits per heavy atom. The Hall–Kier alpha value is -3.61. The average molecular weight is 459 g/mol. The van der Waals surface area contributed by atoms with Crippen molar-refractivity contribution in [3.63, 3.8) is 0 Å². The van der Waals surface area contributed by atoms with Crippen LogP contribution in [0.15, 0.2) is 60.7 Å². The fraction of sp³-hybridized carbons (Fsp3) is 0.370. The first kappa shape index (κ1) is 21.0. The Kier molecular flexibility index (Phi) is 4.76. The SMILES string of the molecule is COc1ccc(N(CN2C(=O)[C@@H]3[C@H]4C=C[C@@H]([C@@H]5C[C@H]45)[C@H]3C2=O)C(=O)c2cccc(OC)c2)cc1. The highest BCUT2D eigenvalue weighted by Gasteiger charge is 2.67. The van der Waals surface area contributed by atoms with Crippen molar-refractivity contribution >= 4 is 23.4 Å². The number of imide groups is 1. The van der Waals surface area contributed by atoms with Crippen LogP contribution < -0.4 is 14.4 Å². The van der Waals surface area contributed by atoms with Crippen molar-refractivity contribution in [1.82, 2.24) is 4.90 Å². The Bertz CT molecular complexity index is 1170. The molecule has 6 atom stereocenters. The van der Waals surface area contributed by atoms with Crippen molar-refractivity contribution in [2.24, 2.45) is 35.5 Å². The van der Waals surface area contributed by atoms with Crippen molar-refractivity contribution in [2.75, 3.05) is 25.8 Å². The van der Waals surface area contributed by atoms with Gasteiger partial charge in [-0.3, -0.25) is 24.2 Å². The van der Waals surface area contributed by atoms with Gasteiger partial charge in [0.25, 0.3) is 5.91 Å². The lowest BCUT2D eigenvalue weighted by molar-refractivity contribution is -0.140. The quantitative estimate of drug-likeness (QED) is 0.490. The number of amides is 3. The molecule has 4 aliphatic carbocycles. The minimum atomic E-state index is -0.316. The van der Waals surface area contributed by atoms with Gasteiger partial charge in [-0.25, -0.2) is 0 Å². The zero-order valence-electron chi connectivity index (χ0n) is 19.1. The monoisotopic (exact) mass is 458 g/mol. The second kappa shape index (κ2) is 7.72. The zero-order valence-corrected chi connectivity index (χ0v) is 19.1. The molecule has 2 aromatic carbocycles. The molecule has 0 aromatic heterocycles. The smallest absolute Gasteiger partial charge is 0.259 e. The highest BCUT2D eigenvalue weighted by Crippen LogP contribution is 2.65. The van der Waals surface area contributed by atoms with E-state index in [1.165, 1.54) is 9.80 Å². The predicted octanol–water partition coefficient (Wildman–Crippen LogP) is 3.36. The van der Waals surface area contributed by atoms with Crippen LogP contribution in [0.1, 0.15) is 16.8 Å². The van der Waals surface area contributed by atoms with Gasteiger partial charge < -0.3 is 9.47 Å². The van der Waals surface area contributed by atoms with Gasteiger partial charge in [0.15, 0.2) is 0 Å². The minimum absolute atomic E-state index is 0.123. The number of carbonyl (C=O) groups excluding carboxylic acids is 3. The van der Waals surface area contributed by atoms with Gasteiger partial charge in [-0.1, -0.05) is 18.2 Å². The van der Waals surface area contributed by atoms with Gasteiger partial charge in [-0.15, -0.1) is 0 Å². The van der Waals surface area contributed by atoms with E-state index < -0.39 is 0 Å². The van der Waals surface area contributed by atoms with E-state index in [0.29, 0.717) is 34.6 Å². The second-order valence-corrected chi connectivity index (χ2v) is 9.56. The summed E-state index contributed by atoms with van der Waals surface area (Å²) in [6.07, 6.45) is 5.41. The topological polar surface area (TPSA) is 76.2 Å². The highest BCUT2D eigenvalue weighted by atomic mass is 16.5. The van der Waals surface area contributed by atoms with E-state index in [-0.39, 0.29) is 48.1 Å². The van der Waals surface area contributed by atoms with Crippen LogP contribution in [0.2, 0.25) is 0 Å². The van der Waals surface area contributed by atoms with Gasteiger partial charge in [0, 0.05) is 11.3 Å². The van der Waals surface area contributed by atoms with E-state index >= 15 is 0 Å². The first-order chi connectivity index (χ1) is 16.5. The number of carbonyl (C=O) groups is 3. The van der Waals surface area contributed by atoms with Crippen molar-refractivity contribution in [3.8, 4) is 11.5 Å². The first-order valence-corrected chi connectivity index (χ1v) is 11.7. The molecule has 0 N–H and O–H groups in total. The van der Waals surface area contributed by atoms with Gasteiger partial charge >= 0.3 is 0 Å². The number of nitrogens with zero attached hydrogens (tertiary/aromatic N) is 2. The Balaban J connectivity index is 1.34. The molecule has 0 unspecified atom stereocenters. The van der Waals surface area contributed by atoms with Crippen LogP contribution in [0.5, 0.6) is 11.5 Å². The molecule has 1 aliphatic heterocycles. The maximum Gasteiger partial charge on any atom is 0.259 e. The predicted molar refractivity (Wildman–Crippen MR) is 124 cm³/mol. The third kappa shape index (κ3) is 3.06. The van der Waals surface area contributed by atoms with Crippen molar-refractivity contribution < 1.29 is 23.9 Å². The number of likely N-dealkylation sites (tertiary alicyclic amines) is 1. The second-order valence-electron chi connectivity index (χ2n) is 9.56. The maximum atomic E-state index is 13.7. The molecule has 3 fully saturated rings. The normalized spacial score (nSPS) is 30.1. The summed E-state index contributed by atoms with van der Waals surface area (Å²) in [4.78, 5) is 43.5. The van der Waals surface area contributed by atoms with Crippen LogP contribution in [0.25, 0.3) is 0 Å². The summed E-state index contributed by atoms with van der Waals surface area (Å²) in [5.74, 6) is 1.34. The van der Waals surface area contributed by atoms with E-state index in [2.05, 4.69) is 12.2 Å². The van der Waals surface area contributed by atoms with Gasteiger partial charge in [0.2, 0.25) is 11.8 Å². The van der Waals surface area contributed by atoms with Crippen molar-refractivity contribution in [3.05, 3.63) is 66.2 Å². The number of anilines is 1. The molecular weight excluding hydrogens is 432 g/mol. The molecule has 2 aromatic rings. The molecule has 1 saturated heterocycles. The van der Waals surface area contributed by atoms with Gasteiger partial charge in [0.1, 0.15) is 18.2 Å². The zero-order chi connectivity index (χ0) is 23.6. The van der Waals surface area contributed by atoms with Crippen LogP contribution in [-0.2, 0) is 9.59 Å². The van der Waals surface area contributed by atoms with E-state index in [9.17, 15) is 14.4 Å². The van der Waals surface area contributed by atoms with Crippen molar-refractivity contribution in [2.45, 2.75) is 6.42 Å². The van der Waals surface area contributed by atoms with E-state index in [0.717, 1.165) is 6.42 Å². The third-order valence-corrected chi connectivity index (χ3v) is 7.98. The summed E-state index contributed by atoms with van der Waals surface area (Å²) in [7, 11) is 3.12. The number of benzene rings is 2. The molecule has 0 radical (unpaired) electrons. The van der Waals surface area contributed by atoms with Gasteiger partial charge in [-0.2, -0.15) is 0 Å². The summed E-state index contributed by atoms with van der Waals surface area (Å²) < 4.78 is 10.5. The molecule has 174 valence electrons. The summed E-state index contributed by atoms with van der Waals surface area (Å²) in [5, 5.41) is 0. The van der Waals surface area contributed by atoms with Crippen molar-refractivity contribution in [1.29, 1.82) is 0 Å². The molecule has 34 heavy (non-hydrogen) atoms. The van der Waals surface area contributed by atoms with E-state index in [1.807, 2.05) is 0 Å².